The number of hydrogen-bond donors (Lipinski definition) is 1. The second kappa shape index (κ2) is 12.0. The van der Waals surface area contributed by atoms with Crippen molar-refractivity contribution in [2.45, 2.75) is 38.1 Å². The molecule has 0 unspecified atom stereocenters. The SMILES string of the molecule is CCCOc1ccccc1[C@@H]1C2=C(C[C@H](c3ccc(OC)cc3)CC2=O)Nc2ccccc2N1C(=O)c1ccccc1. The van der Waals surface area contributed by atoms with E-state index in [4.69, 9.17) is 9.47 Å². The van der Waals surface area contributed by atoms with E-state index in [9.17, 15) is 9.59 Å². The Morgan fingerprint density at radius 1 is 0.881 bits per heavy atom. The van der Waals surface area contributed by atoms with Crippen LogP contribution in [0.3, 0.4) is 0 Å². The molecule has 0 fully saturated rings. The minimum Gasteiger partial charge on any atom is -0.497 e. The van der Waals surface area contributed by atoms with Crippen LogP contribution in [-0.2, 0) is 4.79 Å². The molecule has 2 aliphatic rings. The molecule has 0 radical (unpaired) electrons. The summed E-state index contributed by atoms with van der Waals surface area (Å²) in [4.78, 5) is 30.6. The number of methoxy groups -OCH3 is 1. The van der Waals surface area contributed by atoms with Gasteiger partial charge >= 0.3 is 0 Å². The van der Waals surface area contributed by atoms with Gasteiger partial charge in [-0.25, -0.2) is 0 Å². The number of nitrogens with one attached hydrogen (secondary N) is 1. The fourth-order valence-corrected chi connectivity index (χ4v) is 5.99. The van der Waals surface area contributed by atoms with Crippen LogP contribution >= 0.6 is 0 Å². The van der Waals surface area contributed by atoms with Crippen LogP contribution in [0.4, 0.5) is 11.4 Å². The summed E-state index contributed by atoms with van der Waals surface area (Å²) >= 11 is 0. The Bertz CT molecular complexity index is 1630. The third-order valence-corrected chi connectivity index (χ3v) is 7.99. The highest BCUT2D eigenvalue weighted by atomic mass is 16.5. The molecule has 1 heterocycles. The number of Topliss-reactive ketones (excluding diaryl/α,β-unsaturated/α-hetero) is 1. The number of allylic oxidation sites excluding steroid dienone is 1. The van der Waals surface area contributed by atoms with E-state index < -0.39 is 6.04 Å². The van der Waals surface area contributed by atoms with Gasteiger partial charge in [-0.2, -0.15) is 0 Å². The zero-order valence-electron chi connectivity index (χ0n) is 23.9. The molecule has 0 aromatic heterocycles. The van der Waals surface area contributed by atoms with E-state index in [1.807, 2.05) is 103 Å². The highest BCUT2D eigenvalue weighted by Gasteiger charge is 2.42. The molecule has 4 aromatic carbocycles. The number of hydrogen-bond acceptors (Lipinski definition) is 5. The minimum atomic E-state index is -0.679. The van der Waals surface area contributed by atoms with E-state index in [-0.39, 0.29) is 17.6 Å². The monoisotopic (exact) mass is 558 g/mol. The Morgan fingerprint density at radius 3 is 2.36 bits per heavy atom. The number of rotatable bonds is 7. The second-order valence-corrected chi connectivity index (χ2v) is 10.7. The number of ketones is 1. The van der Waals surface area contributed by atoms with Gasteiger partial charge in [0.25, 0.3) is 5.91 Å². The van der Waals surface area contributed by atoms with Gasteiger partial charge < -0.3 is 14.8 Å². The highest BCUT2D eigenvalue weighted by Crippen LogP contribution is 2.49. The van der Waals surface area contributed by atoms with Crippen molar-refractivity contribution < 1.29 is 19.1 Å². The zero-order valence-corrected chi connectivity index (χ0v) is 23.9. The fraction of sp³-hybridized carbons (Fsp3) is 0.222. The molecule has 1 amide bonds. The first kappa shape index (κ1) is 27.3. The van der Waals surface area contributed by atoms with Gasteiger partial charge in [0.15, 0.2) is 5.78 Å². The van der Waals surface area contributed by atoms with Gasteiger partial charge in [0.05, 0.1) is 31.1 Å². The zero-order chi connectivity index (χ0) is 29.1. The van der Waals surface area contributed by atoms with E-state index >= 15 is 0 Å². The molecule has 1 aliphatic carbocycles. The van der Waals surface area contributed by atoms with Crippen molar-refractivity contribution >= 4 is 23.1 Å². The molecular weight excluding hydrogens is 524 g/mol. The van der Waals surface area contributed by atoms with Gasteiger partial charge in [-0.1, -0.05) is 67.6 Å². The van der Waals surface area contributed by atoms with Crippen LogP contribution in [-0.4, -0.2) is 25.4 Å². The van der Waals surface area contributed by atoms with Crippen molar-refractivity contribution in [1.29, 1.82) is 0 Å². The lowest BCUT2D eigenvalue weighted by Gasteiger charge is -2.36. The molecule has 2 atom stereocenters. The maximum absolute atomic E-state index is 14.5. The number of fused-ring (bicyclic) bond motifs is 1. The molecule has 4 aromatic rings. The Kier molecular flexibility index (Phi) is 7.78. The maximum Gasteiger partial charge on any atom is 0.259 e. The lowest BCUT2D eigenvalue weighted by atomic mass is 9.78. The average molecular weight is 559 g/mol. The Balaban J connectivity index is 1.55. The van der Waals surface area contributed by atoms with Gasteiger partial charge in [0, 0.05) is 28.8 Å². The van der Waals surface area contributed by atoms with Gasteiger partial charge in [-0.15, -0.1) is 0 Å². The molecule has 1 aliphatic heterocycles. The van der Waals surface area contributed by atoms with Gasteiger partial charge in [0.2, 0.25) is 0 Å². The van der Waals surface area contributed by atoms with Gasteiger partial charge in [-0.3, -0.25) is 14.5 Å². The van der Waals surface area contributed by atoms with E-state index in [0.717, 1.165) is 34.7 Å². The third-order valence-electron chi connectivity index (χ3n) is 7.99. The number of ether oxygens (including phenoxy) is 2. The summed E-state index contributed by atoms with van der Waals surface area (Å²) in [7, 11) is 1.65. The van der Waals surface area contributed by atoms with Crippen molar-refractivity contribution in [1.82, 2.24) is 0 Å². The average Bonchev–Trinajstić information content (AvgIpc) is 3.18. The van der Waals surface area contributed by atoms with Gasteiger partial charge in [0.1, 0.15) is 11.5 Å². The van der Waals surface area contributed by atoms with Crippen molar-refractivity contribution in [3.05, 3.63) is 131 Å². The van der Waals surface area contributed by atoms with Crippen molar-refractivity contribution in [3.63, 3.8) is 0 Å². The van der Waals surface area contributed by atoms with Crippen molar-refractivity contribution in [3.8, 4) is 11.5 Å². The minimum absolute atomic E-state index is 0.00886. The standard InChI is InChI=1S/C36H34N2O4/c1-3-21-42-33-16-10-7-13-28(33)35-34-30(22-26(23-32(34)39)24-17-19-27(41-2)20-18-24)37-29-14-8-9-15-31(29)38(35)36(40)25-11-5-4-6-12-25/h4-20,26,35,37H,3,21-23H2,1-2H3/t26-,35+/m0/s1. The quantitative estimate of drug-likeness (QED) is 0.252. The summed E-state index contributed by atoms with van der Waals surface area (Å²) in [5.41, 5.74) is 5.35. The number of benzene rings is 4. The summed E-state index contributed by atoms with van der Waals surface area (Å²) in [5, 5.41) is 3.61. The molecule has 6 rings (SSSR count). The molecule has 6 heteroatoms. The molecule has 6 nitrogen and oxygen atoms in total. The lowest BCUT2D eigenvalue weighted by molar-refractivity contribution is -0.116. The third kappa shape index (κ3) is 5.16. The first-order valence-electron chi connectivity index (χ1n) is 14.5. The van der Waals surface area contributed by atoms with Crippen LogP contribution in [0, 0.1) is 0 Å². The normalized spacial score (nSPS) is 18.0. The molecule has 42 heavy (non-hydrogen) atoms. The van der Waals surface area contributed by atoms with E-state index in [1.54, 1.807) is 12.0 Å². The van der Waals surface area contributed by atoms with Crippen molar-refractivity contribution in [2.75, 3.05) is 23.9 Å². The summed E-state index contributed by atoms with van der Waals surface area (Å²) in [6.07, 6.45) is 1.81. The van der Waals surface area contributed by atoms with E-state index in [1.165, 1.54) is 0 Å². The predicted molar refractivity (Wildman–Crippen MR) is 165 cm³/mol. The maximum atomic E-state index is 14.5. The number of nitrogens with zero attached hydrogens (tertiary/aromatic N) is 1. The highest BCUT2D eigenvalue weighted by molar-refractivity contribution is 6.12. The number of carbonyl (C=O) groups is 2. The molecular formula is C36H34N2O4. The Morgan fingerprint density at radius 2 is 1.60 bits per heavy atom. The molecule has 212 valence electrons. The second-order valence-electron chi connectivity index (χ2n) is 10.7. The largest absolute Gasteiger partial charge is 0.497 e. The summed E-state index contributed by atoms with van der Waals surface area (Å²) in [6.45, 7) is 2.59. The molecule has 0 spiro atoms. The number of anilines is 2. The van der Waals surface area contributed by atoms with E-state index in [0.29, 0.717) is 42.0 Å². The lowest BCUT2D eigenvalue weighted by Crippen LogP contribution is -2.38. The predicted octanol–water partition coefficient (Wildman–Crippen LogP) is 7.70. The Hall–Kier alpha value is -4.84. The molecule has 0 saturated heterocycles. The smallest absolute Gasteiger partial charge is 0.259 e. The van der Waals surface area contributed by atoms with E-state index in [2.05, 4.69) is 12.2 Å². The molecule has 0 saturated carbocycles. The summed E-state index contributed by atoms with van der Waals surface area (Å²) < 4.78 is 11.6. The molecule has 0 bridgehead atoms. The van der Waals surface area contributed by atoms with Crippen LogP contribution in [0.25, 0.3) is 0 Å². The summed E-state index contributed by atoms with van der Waals surface area (Å²) in [5.74, 6) is 1.27. The number of carbonyl (C=O) groups excluding carboxylic acids is 2. The molecule has 1 N–H and O–H groups in total. The number of para-hydroxylation sites is 3. The van der Waals surface area contributed by atoms with Crippen LogP contribution in [0.1, 0.15) is 59.6 Å². The summed E-state index contributed by atoms with van der Waals surface area (Å²) in [6, 6.07) is 32.0. The number of amides is 1. The Labute approximate surface area is 246 Å². The van der Waals surface area contributed by atoms with Crippen LogP contribution < -0.4 is 19.7 Å². The van der Waals surface area contributed by atoms with Crippen LogP contribution in [0.5, 0.6) is 11.5 Å². The van der Waals surface area contributed by atoms with Crippen LogP contribution in [0.2, 0.25) is 0 Å². The first-order valence-corrected chi connectivity index (χ1v) is 14.5. The van der Waals surface area contributed by atoms with Crippen LogP contribution in [0.15, 0.2) is 114 Å². The fourth-order valence-electron chi connectivity index (χ4n) is 5.99. The van der Waals surface area contributed by atoms with Gasteiger partial charge in [-0.05, 0) is 66.8 Å². The van der Waals surface area contributed by atoms with Crippen molar-refractivity contribution in [2.24, 2.45) is 0 Å². The first-order chi connectivity index (χ1) is 20.6. The topological polar surface area (TPSA) is 67.9 Å².